The molecule has 2 N–H and O–H groups in total. The van der Waals surface area contributed by atoms with Crippen molar-refractivity contribution in [3.8, 4) is 0 Å². The summed E-state index contributed by atoms with van der Waals surface area (Å²) in [4.78, 5) is 11.6. The summed E-state index contributed by atoms with van der Waals surface area (Å²) >= 11 is 1.78. The monoisotopic (exact) mass is 491 g/mol. The Hall–Kier alpha value is -0.570. The number of nitrogens with one attached hydrogen (secondary N) is 2. The summed E-state index contributed by atoms with van der Waals surface area (Å²) in [5.41, 5.74) is 1.19. The molecule has 1 saturated heterocycles. The standard InChI is InChI=1S/C19H33N5S.HI/c1-3-15-6-8-16(9-7-15)22-18(20-2)21-11-10-17-14-25-19(23-17)24-12-4-5-13-24;/h14-16H,3-13H2,1-2H3,(H2,20,21,22);1H. The zero-order valence-corrected chi connectivity index (χ0v) is 19.3. The maximum atomic E-state index is 4.79. The van der Waals surface area contributed by atoms with Gasteiger partial charge in [-0.3, -0.25) is 4.99 Å². The van der Waals surface area contributed by atoms with Crippen LogP contribution < -0.4 is 15.5 Å². The molecule has 1 aliphatic carbocycles. The molecule has 1 aromatic heterocycles. The second-order valence-corrected chi connectivity index (χ2v) is 8.17. The van der Waals surface area contributed by atoms with Crippen LogP contribution >= 0.6 is 35.3 Å². The van der Waals surface area contributed by atoms with E-state index >= 15 is 0 Å². The van der Waals surface area contributed by atoms with Crippen LogP contribution in [0.25, 0.3) is 0 Å². The largest absolute Gasteiger partial charge is 0.356 e. The van der Waals surface area contributed by atoms with Gasteiger partial charge in [-0.25, -0.2) is 4.98 Å². The summed E-state index contributed by atoms with van der Waals surface area (Å²) in [5, 5.41) is 10.5. The third-order valence-corrected chi connectivity index (χ3v) is 6.53. The summed E-state index contributed by atoms with van der Waals surface area (Å²) in [6, 6.07) is 0.579. The fraction of sp³-hybridized carbons (Fsp3) is 0.789. The van der Waals surface area contributed by atoms with Gasteiger partial charge in [-0.1, -0.05) is 13.3 Å². The molecule has 1 aliphatic heterocycles. The van der Waals surface area contributed by atoms with Gasteiger partial charge in [0.05, 0.1) is 5.69 Å². The fourth-order valence-electron chi connectivity index (χ4n) is 3.88. The smallest absolute Gasteiger partial charge is 0.191 e. The minimum atomic E-state index is 0. The lowest BCUT2D eigenvalue weighted by atomic mass is 9.84. The molecule has 2 fully saturated rings. The average molecular weight is 491 g/mol. The van der Waals surface area contributed by atoms with Gasteiger partial charge in [0.2, 0.25) is 0 Å². The minimum absolute atomic E-state index is 0. The van der Waals surface area contributed by atoms with Crippen molar-refractivity contribution in [2.45, 2.75) is 64.3 Å². The van der Waals surface area contributed by atoms with Crippen LogP contribution in [0.1, 0.15) is 57.6 Å². The van der Waals surface area contributed by atoms with Crippen molar-refractivity contribution >= 4 is 46.4 Å². The van der Waals surface area contributed by atoms with E-state index in [1.165, 1.54) is 68.9 Å². The Morgan fingerprint density at radius 1 is 1.27 bits per heavy atom. The maximum absolute atomic E-state index is 4.79. The fourth-order valence-corrected chi connectivity index (χ4v) is 4.79. The predicted molar refractivity (Wildman–Crippen MR) is 123 cm³/mol. The Kier molecular flexibility index (Phi) is 9.45. The molecule has 0 unspecified atom stereocenters. The van der Waals surface area contributed by atoms with Crippen molar-refractivity contribution in [1.29, 1.82) is 0 Å². The van der Waals surface area contributed by atoms with E-state index in [-0.39, 0.29) is 24.0 Å². The molecule has 3 rings (SSSR count). The van der Waals surface area contributed by atoms with Crippen molar-refractivity contribution in [2.75, 3.05) is 31.6 Å². The van der Waals surface area contributed by atoms with Crippen LogP contribution in [-0.4, -0.2) is 43.7 Å². The molecule has 7 heteroatoms. The molecule has 0 amide bonds. The molecule has 1 saturated carbocycles. The van der Waals surface area contributed by atoms with Crippen molar-refractivity contribution < 1.29 is 0 Å². The van der Waals surface area contributed by atoms with E-state index < -0.39 is 0 Å². The molecule has 0 radical (unpaired) electrons. The van der Waals surface area contributed by atoms with Crippen LogP contribution in [0.15, 0.2) is 10.4 Å². The van der Waals surface area contributed by atoms with Gasteiger partial charge in [-0.05, 0) is 44.4 Å². The highest BCUT2D eigenvalue weighted by molar-refractivity contribution is 14.0. The summed E-state index contributed by atoms with van der Waals surface area (Å²) in [7, 11) is 1.86. The van der Waals surface area contributed by atoms with E-state index in [0.29, 0.717) is 6.04 Å². The predicted octanol–water partition coefficient (Wildman–Crippen LogP) is 4.04. The molecule has 0 atom stereocenters. The van der Waals surface area contributed by atoms with E-state index in [4.69, 9.17) is 4.98 Å². The zero-order valence-electron chi connectivity index (χ0n) is 16.2. The highest BCUT2D eigenvalue weighted by Gasteiger charge is 2.20. The Morgan fingerprint density at radius 3 is 2.65 bits per heavy atom. The summed E-state index contributed by atoms with van der Waals surface area (Å²) in [5.74, 6) is 1.87. The molecule has 0 bridgehead atoms. The average Bonchev–Trinajstić information content (AvgIpc) is 3.33. The molecule has 0 spiro atoms. The van der Waals surface area contributed by atoms with E-state index in [9.17, 15) is 0 Å². The SMILES string of the molecule is CCC1CCC(NC(=NC)NCCc2csc(N3CCCC3)n2)CC1.I. The lowest BCUT2D eigenvalue weighted by Gasteiger charge is -2.29. The van der Waals surface area contributed by atoms with E-state index in [1.54, 1.807) is 11.3 Å². The van der Waals surface area contributed by atoms with Gasteiger partial charge in [-0.15, -0.1) is 35.3 Å². The van der Waals surface area contributed by atoms with Crippen LogP contribution in [0.5, 0.6) is 0 Å². The molecule has 2 aliphatic rings. The lowest BCUT2D eigenvalue weighted by Crippen LogP contribution is -2.45. The Labute approximate surface area is 179 Å². The van der Waals surface area contributed by atoms with Crippen LogP contribution in [0.4, 0.5) is 5.13 Å². The number of halogens is 1. The van der Waals surface area contributed by atoms with Gasteiger partial charge in [0, 0.05) is 44.5 Å². The van der Waals surface area contributed by atoms with Crippen molar-refractivity contribution in [1.82, 2.24) is 15.6 Å². The van der Waals surface area contributed by atoms with Gasteiger partial charge < -0.3 is 15.5 Å². The number of hydrogen-bond donors (Lipinski definition) is 2. The summed E-state index contributed by atoms with van der Waals surface area (Å²) in [6.45, 7) is 5.53. The Bertz CT molecular complexity index is 548. The van der Waals surface area contributed by atoms with Crippen LogP contribution in [0.2, 0.25) is 0 Å². The number of hydrogen-bond acceptors (Lipinski definition) is 4. The number of guanidine groups is 1. The second kappa shape index (κ2) is 11.3. The molecule has 1 aromatic rings. The van der Waals surface area contributed by atoms with Gasteiger partial charge in [0.15, 0.2) is 11.1 Å². The number of aliphatic imine (C=N–C) groups is 1. The molecular formula is C19H34IN5S. The molecule has 2 heterocycles. The number of thiazole rings is 1. The lowest BCUT2D eigenvalue weighted by molar-refractivity contribution is 0.304. The normalized spacial score (nSPS) is 23.6. The van der Waals surface area contributed by atoms with Gasteiger partial charge in [0.1, 0.15) is 0 Å². The minimum Gasteiger partial charge on any atom is -0.356 e. The van der Waals surface area contributed by atoms with Crippen LogP contribution in [-0.2, 0) is 6.42 Å². The Morgan fingerprint density at radius 2 is 2.00 bits per heavy atom. The highest BCUT2D eigenvalue weighted by Crippen LogP contribution is 2.26. The zero-order chi connectivity index (χ0) is 17.5. The van der Waals surface area contributed by atoms with Crippen LogP contribution in [0.3, 0.4) is 0 Å². The number of rotatable bonds is 6. The third kappa shape index (κ3) is 6.25. The summed E-state index contributed by atoms with van der Waals surface area (Å²) in [6.07, 6.45) is 10.1. The topological polar surface area (TPSA) is 52.6 Å². The first kappa shape index (κ1) is 21.7. The van der Waals surface area contributed by atoms with Crippen molar-refractivity contribution in [3.63, 3.8) is 0 Å². The Balaban J connectivity index is 0.00000243. The number of aromatic nitrogens is 1. The molecule has 5 nitrogen and oxygen atoms in total. The molecule has 0 aromatic carbocycles. The van der Waals surface area contributed by atoms with Gasteiger partial charge >= 0.3 is 0 Å². The van der Waals surface area contributed by atoms with Crippen molar-refractivity contribution in [2.24, 2.45) is 10.9 Å². The van der Waals surface area contributed by atoms with E-state index in [1.807, 2.05) is 7.05 Å². The first-order chi connectivity index (χ1) is 12.3. The number of nitrogens with zero attached hydrogens (tertiary/aromatic N) is 3. The quantitative estimate of drug-likeness (QED) is 0.359. The summed E-state index contributed by atoms with van der Waals surface area (Å²) < 4.78 is 0. The second-order valence-electron chi connectivity index (χ2n) is 7.33. The first-order valence-electron chi connectivity index (χ1n) is 9.95. The third-order valence-electron chi connectivity index (χ3n) is 5.58. The van der Waals surface area contributed by atoms with E-state index in [2.05, 4.69) is 32.8 Å². The number of anilines is 1. The van der Waals surface area contributed by atoms with E-state index in [0.717, 1.165) is 24.8 Å². The maximum Gasteiger partial charge on any atom is 0.191 e. The van der Waals surface area contributed by atoms with Gasteiger partial charge in [-0.2, -0.15) is 0 Å². The highest BCUT2D eigenvalue weighted by atomic mass is 127. The van der Waals surface area contributed by atoms with Crippen molar-refractivity contribution in [3.05, 3.63) is 11.1 Å². The molecular weight excluding hydrogens is 457 g/mol. The van der Waals surface area contributed by atoms with Crippen LogP contribution in [0, 0.1) is 5.92 Å². The molecule has 148 valence electrons. The van der Waals surface area contributed by atoms with Gasteiger partial charge in [0.25, 0.3) is 0 Å². The molecule has 26 heavy (non-hydrogen) atoms. The first-order valence-corrected chi connectivity index (χ1v) is 10.8.